The van der Waals surface area contributed by atoms with E-state index < -0.39 is 11.9 Å². The van der Waals surface area contributed by atoms with Crippen molar-refractivity contribution in [2.75, 3.05) is 0 Å². The summed E-state index contributed by atoms with van der Waals surface area (Å²) in [6.07, 6.45) is 2.23. The van der Waals surface area contributed by atoms with Crippen LogP contribution in [0.15, 0.2) is 30.5 Å². The van der Waals surface area contributed by atoms with Crippen molar-refractivity contribution >= 4 is 11.9 Å². The maximum Gasteiger partial charge on any atom is 0.363 e. The van der Waals surface area contributed by atoms with E-state index in [0.717, 1.165) is 5.69 Å². The zero-order valence-corrected chi connectivity index (χ0v) is 11.2. The Labute approximate surface area is 115 Å². The lowest BCUT2D eigenvalue weighted by molar-refractivity contribution is 0.0446. The summed E-state index contributed by atoms with van der Waals surface area (Å²) in [6.45, 7) is 3.70. The molecule has 0 saturated heterocycles. The van der Waals surface area contributed by atoms with Crippen LogP contribution in [0.3, 0.4) is 0 Å². The summed E-state index contributed by atoms with van der Waals surface area (Å²) in [5, 5.41) is 8.90. The Morgan fingerprint density at radius 2 is 2.05 bits per heavy atom. The summed E-state index contributed by atoms with van der Waals surface area (Å²) in [4.78, 5) is 32.3. The van der Waals surface area contributed by atoms with Crippen LogP contribution in [0.25, 0.3) is 0 Å². The third-order valence-corrected chi connectivity index (χ3v) is 2.71. The molecule has 0 aliphatic carbocycles. The summed E-state index contributed by atoms with van der Waals surface area (Å²) in [5.41, 5.74) is 0.962. The van der Waals surface area contributed by atoms with Crippen molar-refractivity contribution in [2.24, 2.45) is 0 Å². The number of aromatic nitrogens is 2. The number of benzene rings is 1. The Bertz CT molecular complexity index is 661. The molecular weight excluding hydrogens is 260 g/mol. The van der Waals surface area contributed by atoms with Gasteiger partial charge in [0.25, 0.3) is 0 Å². The maximum absolute atomic E-state index is 12.0. The monoisotopic (exact) mass is 274 g/mol. The second kappa shape index (κ2) is 5.56. The molecule has 2 rings (SSSR count). The largest absolute Gasteiger partial charge is 0.478 e. The SMILES string of the molecule is CCc1nc(C)cn1OC(=O)c1cccc(C(=O)O)c1. The minimum Gasteiger partial charge on any atom is -0.478 e. The van der Waals surface area contributed by atoms with E-state index >= 15 is 0 Å². The van der Waals surface area contributed by atoms with Crippen LogP contribution >= 0.6 is 0 Å². The van der Waals surface area contributed by atoms with Crippen molar-refractivity contribution < 1.29 is 19.5 Å². The topological polar surface area (TPSA) is 81.4 Å². The molecule has 6 heteroatoms. The highest BCUT2D eigenvalue weighted by Gasteiger charge is 2.14. The molecule has 0 saturated carbocycles. The van der Waals surface area contributed by atoms with Gasteiger partial charge < -0.3 is 9.94 Å². The van der Waals surface area contributed by atoms with Crippen LogP contribution in [-0.4, -0.2) is 26.8 Å². The highest BCUT2D eigenvalue weighted by atomic mass is 16.7. The van der Waals surface area contributed by atoms with Crippen molar-refractivity contribution in [3.63, 3.8) is 0 Å². The van der Waals surface area contributed by atoms with Crippen LogP contribution in [0.1, 0.15) is 39.2 Å². The van der Waals surface area contributed by atoms with Gasteiger partial charge in [-0.3, -0.25) is 0 Å². The van der Waals surface area contributed by atoms with Gasteiger partial charge >= 0.3 is 11.9 Å². The van der Waals surface area contributed by atoms with Gasteiger partial charge in [-0.1, -0.05) is 13.0 Å². The van der Waals surface area contributed by atoms with Crippen LogP contribution in [0.4, 0.5) is 0 Å². The number of hydrogen-bond acceptors (Lipinski definition) is 4. The summed E-state index contributed by atoms with van der Waals surface area (Å²) in [6, 6.07) is 5.70. The van der Waals surface area contributed by atoms with Crippen LogP contribution in [0.5, 0.6) is 0 Å². The summed E-state index contributed by atoms with van der Waals surface area (Å²) in [7, 11) is 0. The van der Waals surface area contributed by atoms with Gasteiger partial charge in [-0.25, -0.2) is 14.6 Å². The number of carboxylic acids is 1. The Balaban J connectivity index is 2.23. The Morgan fingerprint density at radius 3 is 2.70 bits per heavy atom. The lowest BCUT2D eigenvalue weighted by Crippen LogP contribution is -2.21. The van der Waals surface area contributed by atoms with Gasteiger partial charge in [-0.2, -0.15) is 4.73 Å². The molecular formula is C14H14N2O4. The molecule has 20 heavy (non-hydrogen) atoms. The predicted molar refractivity (Wildman–Crippen MR) is 70.7 cm³/mol. The molecule has 0 radical (unpaired) electrons. The van der Waals surface area contributed by atoms with Crippen molar-refractivity contribution in [3.8, 4) is 0 Å². The molecule has 0 atom stereocenters. The fourth-order valence-corrected chi connectivity index (χ4v) is 1.76. The second-order valence-corrected chi connectivity index (χ2v) is 4.24. The van der Waals surface area contributed by atoms with E-state index in [1.807, 2.05) is 6.92 Å². The first-order valence-electron chi connectivity index (χ1n) is 6.12. The van der Waals surface area contributed by atoms with Crippen molar-refractivity contribution in [1.29, 1.82) is 0 Å². The average Bonchev–Trinajstić information content (AvgIpc) is 2.78. The number of carboxylic acid groups (broad SMARTS) is 1. The van der Waals surface area contributed by atoms with Gasteiger partial charge in [-0.05, 0) is 25.1 Å². The molecule has 1 aromatic carbocycles. The molecule has 104 valence electrons. The van der Waals surface area contributed by atoms with E-state index in [4.69, 9.17) is 9.94 Å². The molecule has 1 aromatic heterocycles. The number of hydrogen-bond donors (Lipinski definition) is 1. The standard InChI is InChI=1S/C14H14N2O4/c1-3-12-15-9(2)8-16(12)20-14(19)11-6-4-5-10(7-11)13(17)18/h4-8H,3H2,1-2H3,(H,17,18). The molecule has 6 nitrogen and oxygen atoms in total. The molecule has 0 spiro atoms. The van der Waals surface area contributed by atoms with Gasteiger partial charge in [0, 0.05) is 6.42 Å². The summed E-state index contributed by atoms with van der Waals surface area (Å²) in [5.74, 6) is -1.09. The fourth-order valence-electron chi connectivity index (χ4n) is 1.76. The van der Waals surface area contributed by atoms with Gasteiger partial charge in [0.15, 0.2) is 0 Å². The van der Waals surface area contributed by atoms with E-state index in [1.165, 1.54) is 29.0 Å². The highest BCUT2D eigenvalue weighted by molar-refractivity contribution is 5.94. The maximum atomic E-state index is 12.0. The van der Waals surface area contributed by atoms with Gasteiger partial charge in [-0.15, -0.1) is 0 Å². The molecule has 0 unspecified atom stereocenters. The lowest BCUT2D eigenvalue weighted by Gasteiger charge is -2.07. The van der Waals surface area contributed by atoms with Gasteiger partial charge in [0.2, 0.25) is 0 Å². The average molecular weight is 274 g/mol. The van der Waals surface area contributed by atoms with E-state index in [1.54, 1.807) is 13.1 Å². The first kappa shape index (κ1) is 13.8. The summed E-state index contributed by atoms with van der Waals surface area (Å²) < 4.78 is 1.31. The fraction of sp³-hybridized carbons (Fsp3) is 0.214. The number of carbonyl (C=O) groups excluding carboxylic acids is 1. The number of rotatable bonds is 4. The Kier molecular flexibility index (Phi) is 3.84. The zero-order chi connectivity index (χ0) is 14.7. The number of imidazole rings is 1. The predicted octanol–water partition coefficient (Wildman–Crippen LogP) is 1.72. The van der Waals surface area contributed by atoms with E-state index in [0.29, 0.717) is 12.2 Å². The van der Waals surface area contributed by atoms with Gasteiger partial charge in [0.05, 0.1) is 23.0 Å². The van der Waals surface area contributed by atoms with Crippen molar-refractivity contribution in [2.45, 2.75) is 20.3 Å². The normalized spacial score (nSPS) is 10.3. The first-order chi connectivity index (χ1) is 9.51. The van der Waals surface area contributed by atoms with E-state index in [2.05, 4.69) is 4.98 Å². The second-order valence-electron chi connectivity index (χ2n) is 4.24. The number of nitrogens with zero attached hydrogens (tertiary/aromatic N) is 2. The smallest absolute Gasteiger partial charge is 0.363 e. The molecule has 1 N–H and O–H groups in total. The van der Waals surface area contributed by atoms with Crippen molar-refractivity contribution in [3.05, 3.63) is 53.1 Å². The third kappa shape index (κ3) is 2.85. The quantitative estimate of drug-likeness (QED) is 0.918. The minimum absolute atomic E-state index is 0.0389. The minimum atomic E-state index is -1.09. The molecule has 0 aliphatic rings. The van der Waals surface area contributed by atoms with Crippen LogP contribution in [0.2, 0.25) is 0 Å². The molecule has 0 bridgehead atoms. The number of aryl methyl sites for hydroxylation is 2. The van der Waals surface area contributed by atoms with Crippen LogP contribution in [-0.2, 0) is 6.42 Å². The first-order valence-corrected chi connectivity index (χ1v) is 6.12. The van der Waals surface area contributed by atoms with Gasteiger partial charge in [0.1, 0.15) is 5.82 Å². The number of carbonyl (C=O) groups is 2. The lowest BCUT2D eigenvalue weighted by atomic mass is 10.1. The molecule has 2 aromatic rings. The highest BCUT2D eigenvalue weighted by Crippen LogP contribution is 2.08. The Morgan fingerprint density at radius 1 is 1.35 bits per heavy atom. The van der Waals surface area contributed by atoms with Crippen molar-refractivity contribution in [1.82, 2.24) is 9.71 Å². The number of aromatic carboxylic acids is 1. The summed E-state index contributed by atoms with van der Waals surface area (Å²) >= 11 is 0. The molecule has 0 fully saturated rings. The molecule has 0 amide bonds. The third-order valence-electron chi connectivity index (χ3n) is 2.71. The van der Waals surface area contributed by atoms with Crippen LogP contribution in [0, 0.1) is 6.92 Å². The van der Waals surface area contributed by atoms with E-state index in [-0.39, 0.29) is 11.1 Å². The molecule has 1 heterocycles. The van der Waals surface area contributed by atoms with Crippen LogP contribution < -0.4 is 4.84 Å². The Hall–Kier alpha value is -2.63. The molecule has 0 aliphatic heterocycles. The zero-order valence-electron chi connectivity index (χ0n) is 11.2. The van der Waals surface area contributed by atoms with E-state index in [9.17, 15) is 9.59 Å².